The molecule has 0 fully saturated rings. The number of benzene rings is 1. The van der Waals surface area contributed by atoms with E-state index in [1.54, 1.807) is 24.4 Å². The summed E-state index contributed by atoms with van der Waals surface area (Å²) in [4.78, 5) is 3.98. The Morgan fingerprint density at radius 1 is 1.43 bits per heavy atom. The Morgan fingerprint density at radius 2 is 2.29 bits per heavy atom. The van der Waals surface area contributed by atoms with Crippen LogP contribution in [0.4, 0.5) is 5.69 Å². The molecule has 0 radical (unpaired) electrons. The summed E-state index contributed by atoms with van der Waals surface area (Å²) in [5.74, 6) is 0.462. The molecule has 0 saturated heterocycles. The highest BCUT2D eigenvalue weighted by Crippen LogP contribution is 2.34. The number of hydrogen-bond donors (Lipinski definition) is 1. The van der Waals surface area contributed by atoms with E-state index in [9.17, 15) is 0 Å². The third-order valence-corrected chi connectivity index (χ3v) is 2.54. The second-order valence-electron chi connectivity index (χ2n) is 2.56. The van der Waals surface area contributed by atoms with Gasteiger partial charge in [0.15, 0.2) is 5.75 Å². The average molecular weight is 227 g/mol. The highest BCUT2D eigenvalue weighted by Gasteiger charge is 2.07. The first kappa shape index (κ1) is 9.30. The Bertz CT molecular complexity index is 410. The van der Waals surface area contributed by atoms with E-state index in [-0.39, 0.29) is 0 Å². The zero-order chi connectivity index (χ0) is 9.97. The van der Waals surface area contributed by atoms with Crippen molar-refractivity contribution in [2.24, 2.45) is 0 Å². The largest absolute Gasteiger partial charge is 0.427 e. The van der Waals surface area contributed by atoms with Crippen LogP contribution in [0.3, 0.4) is 0 Å². The van der Waals surface area contributed by atoms with E-state index in [2.05, 4.69) is 4.98 Å². The Morgan fingerprint density at radius 3 is 2.93 bits per heavy atom. The molecule has 2 N–H and O–H groups in total. The van der Waals surface area contributed by atoms with Crippen LogP contribution in [0.15, 0.2) is 29.8 Å². The molecule has 0 aliphatic rings. The lowest BCUT2D eigenvalue weighted by Gasteiger charge is -2.06. The van der Waals surface area contributed by atoms with Gasteiger partial charge in [0.2, 0.25) is 0 Å². The normalized spacial score (nSPS) is 10.1. The minimum atomic E-state index is 0.462. The number of rotatable bonds is 2. The molecule has 0 saturated carbocycles. The van der Waals surface area contributed by atoms with Crippen molar-refractivity contribution in [2.45, 2.75) is 0 Å². The van der Waals surface area contributed by atoms with Gasteiger partial charge >= 0.3 is 0 Å². The molecule has 0 aliphatic carbocycles. The molecule has 1 aromatic heterocycles. The number of thiazole rings is 1. The smallest absolute Gasteiger partial charge is 0.278 e. The first-order valence-corrected chi connectivity index (χ1v) is 5.14. The van der Waals surface area contributed by atoms with E-state index in [1.165, 1.54) is 11.3 Å². The number of halogens is 1. The van der Waals surface area contributed by atoms with Gasteiger partial charge < -0.3 is 10.5 Å². The van der Waals surface area contributed by atoms with E-state index in [4.69, 9.17) is 22.1 Å². The molecular weight excluding hydrogens is 220 g/mol. The van der Waals surface area contributed by atoms with Gasteiger partial charge in [-0.15, -0.1) is 0 Å². The number of anilines is 1. The van der Waals surface area contributed by atoms with Gasteiger partial charge in [-0.25, -0.2) is 4.98 Å². The minimum Gasteiger partial charge on any atom is -0.427 e. The SMILES string of the molecule is Nc1cccc(Cl)c1Oc1nccs1. The van der Waals surface area contributed by atoms with Crippen LogP contribution in [-0.2, 0) is 0 Å². The van der Waals surface area contributed by atoms with Crippen LogP contribution in [0.1, 0.15) is 0 Å². The molecule has 14 heavy (non-hydrogen) atoms. The lowest BCUT2D eigenvalue weighted by molar-refractivity contribution is 0.481. The molecule has 0 spiro atoms. The molecule has 0 bridgehead atoms. The lowest BCUT2D eigenvalue weighted by atomic mass is 10.3. The van der Waals surface area contributed by atoms with Crippen LogP contribution in [-0.4, -0.2) is 4.98 Å². The van der Waals surface area contributed by atoms with E-state index in [0.717, 1.165) is 0 Å². The van der Waals surface area contributed by atoms with Gasteiger partial charge in [-0.05, 0) is 12.1 Å². The van der Waals surface area contributed by atoms with E-state index in [1.807, 2.05) is 5.38 Å². The molecule has 1 heterocycles. The quantitative estimate of drug-likeness (QED) is 0.801. The summed E-state index contributed by atoms with van der Waals surface area (Å²) in [5, 5.41) is 2.84. The van der Waals surface area contributed by atoms with Crippen LogP contribution in [0.25, 0.3) is 0 Å². The number of aromatic nitrogens is 1. The first-order chi connectivity index (χ1) is 6.77. The zero-order valence-electron chi connectivity index (χ0n) is 7.11. The molecule has 72 valence electrons. The van der Waals surface area contributed by atoms with E-state index >= 15 is 0 Å². The molecule has 3 nitrogen and oxygen atoms in total. The van der Waals surface area contributed by atoms with Crippen LogP contribution in [0.5, 0.6) is 10.9 Å². The van der Waals surface area contributed by atoms with Crippen molar-refractivity contribution < 1.29 is 4.74 Å². The zero-order valence-corrected chi connectivity index (χ0v) is 8.68. The molecule has 0 amide bonds. The van der Waals surface area contributed by atoms with E-state index < -0.39 is 0 Å². The topological polar surface area (TPSA) is 48.1 Å². The number of nitrogens with two attached hydrogens (primary N) is 1. The number of para-hydroxylation sites is 1. The van der Waals surface area contributed by atoms with Crippen molar-refractivity contribution in [2.75, 3.05) is 5.73 Å². The van der Waals surface area contributed by atoms with E-state index in [0.29, 0.717) is 21.7 Å². The maximum absolute atomic E-state index is 5.92. The summed E-state index contributed by atoms with van der Waals surface area (Å²) < 4.78 is 5.43. The Hall–Kier alpha value is -1.26. The van der Waals surface area contributed by atoms with Crippen molar-refractivity contribution in [3.05, 3.63) is 34.8 Å². The average Bonchev–Trinajstić information content (AvgIpc) is 2.64. The van der Waals surface area contributed by atoms with Gasteiger partial charge in [-0.3, -0.25) is 0 Å². The van der Waals surface area contributed by atoms with Crippen molar-refractivity contribution in [3.8, 4) is 10.9 Å². The third-order valence-electron chi connectivity index (χ3n) is 1.60. The lowest BCUT2D eigenvalue weighted by Crippen LogP contribution is -1.91. The summed E-state index contributed by atoms with van der Waals surface area (Å²) in [5.41, 5.74) is 6.21. The van der Waals surface area contributed by atoms with Crippen LogP contribution in [0, 0.1) is 0 Å². The Balaban J connectivity index is 2.33. The molecule has 2 aromatic rings. The predicted octanol–water partition coefficient (Wildman–Crippen LogP) is 3.17. The molecule has 0 atom stereocenters. The summed E-state index contributed by atoms with van der Waals surface area (Å²) in [6.07, 6.45) is 1.66. The fourth-order valence-corrected chi connectivity index (χ4v) is 1.69. The fraction of sp³-hybridized carbons (Fsp3) is 0. The van der Waals surface area contributed by atoms with Gasteiger partial charge in [0.05, 0.1) is 10.7 Å². The van der Waals surface area contributed by atoms with Gasteiger partial charge in [0, 0.05) is 11.6 Å². The number of ether oxygens (including phenoxy) is 1. The highest BCUT2D eigenvalue weighted by molar-refractivity contribution is 7.11. The van der Waals surface area contributed by atoms with Gasteiger partial charge in [0.25, 0.3) is 5.19 Å². The monoisotopic (exact) mass is 226 g/mol. The molecular formula is C9H7ClN2OS. The van der Waals surface area contributed by atoms with Gasteiger partial charge in [-0.2, -0.15) is 0 Å². The summed E-state index contributed by atoms with van der Waals surface area (Å²) in [7, 11) is 0. The summed E-state index contributed by atoms with van der Waals surface area (Å²) >= 11 is 7.31. The van der Waals surface area contributed by atoms with Gasteiger partial charge in [-0.1, -0.05) is 29.0 Å². The van der Waals surface area contributed by atoms with Crippen molar-refractivity contribution in [1.82, 2.24) is 4.98 Å². The highest BCUT2D eigenvalue weighted by atomic mass is 35.5. The molecule has 0 aliphatic heterocycles. The van der Waals surface area contributed by atoms with Crippen molar-refractivity contribution in [3.63, 3.8) is 0 Å². The standard InChI is InChI=1S/C9H7ClN2OS/c10-6-2-1-3-7(11)8(6)13-9-12-4-5-14-9/h1-5H,11H2. The second-order valence-corrected chi connectivity index (χ2v) is 3.82. The minimum absolute atomic E-state index is 0.462. The summed E-state index contributed by atoms with van der Waals surface area (Å²) in [6, 6.07) is 5.22. The molecule has 0 unspecified atom stereocenters. The number of hydrogen-bond acceptors (Lipinski definition) is 4. The number of nitrogens with zero attached hydrogens (tertiary/aromatic N) is 1. The molecule has 2 rings (SSSR count). The first-order valence-electron chi connectivity index (χ1n) is 3.88. The molecule has 1 aromatic carbocycles. The third kappa shape index (κ3) is 1.81. The Labute approximate surface area is 90.1 Å². The Kier molecular flexibility index (Phi) is 2.56. The summed E-state index contributed by atoms with van der Waals surface area (Å²) in [6.45, 7) is 0. The van der Waals surface area contributed by atoms with Crippen molar-refractivity contribution in [1.29, 1.82) is 0 Å². The maximum Gasteiger partial charge on any atom is 0.278 e. The predicted molar refractivity (Wildman–Crippen MR) is 58.1 cm³/mol. The van der Waals surface area contributed by atoms with Crippen LogP contribution in [0.2, 0.25) is 5.02 Å². The maximum atomic E-state index is 5.92. The molecule has 5 heteroatoms. The van der Waals surface area contributed by atoms with Gasteiger partial charge in [0.1, 0.15) is 0 Å². The van der Waals surface area contributed by atoms with Crippen molar-refractivity contribution >= 4 is 28.6 Å². The van der Waals surface area contributed by atoms with Crippen LogP contribution < -0.4 is 10.5 Å². The number of nitrogen functional groups attached to an aromatic ring is 1. The van der Waals surface area contributed by atoms with Crippen LogP contribution >= 0.6 is 22.9 Å². The fourth-order valence-electron chi connectivity index (χ4n) is 0.981. The second kappa shape index (κ2) is 3.86.